The molecule has 2 heterocycles. The zero-order valence-electron chi connectivity index (χ0n) is 11.8. The Balaban J connectivity index is 1.92. The molecule has 2 atom stereocenters. The summed E-state index contributed by atoms with van der Waals surface area (Å²) < 4.78 is 38.9. The predicted octanol–water partition coefficient (Wildman–Crippen LogP) is 1.70. The first-order valence-electron chi connectivity index (χ1n) is 7.10. The summed E-state index contributed by atoms with van der Waals surface area (Å²) in [7, 11) is -1.77. The molecule has 0 spiro atoms. The first-order chi connectivity index (χ1) is 10.0. The number of hydrogen-bond donors (Lipinski definition) is 1. The molecule has 0 radical (unpaired) electrons. The third kappa shape index (κ3) is 2.79. The van der Waals surface area contributed by atoms with E-state index in [2.05, 4.69) is 21.2 Å². The van der Waals surface area contributed by atoms with Crippen LogP contribution in [-0.4, -0.2) is 45.1 Å². The number of ether oxygens (including phenoxy) is 1. The maximum Gasteiger partial charge on any atom is 0.247 e. The second kappa shape index (κ2) is 6.00. The number of sulfonamides is 1. The lowest BCUT2D eigenvalue weighted by molar-refractivity contribution is -0.0242. The van der Waals surface area contributed by atoms with Crippen LogP contribution >= 0.6 is 15.9 Å². The summed E-state index contributed by atoms with van der Waals surface area (Å²) >= 11 is 3.23. The Morgan fingerprint density at radius 1 is 1.48 bits per heavy atom. The van der Waals surface area contributed by atoms with Gasteiger partial charge >= 0.3 is 0 Å². The van der Waals surface area contributed by atoms with Gasteiger partial charge in [0.25, 0.3) is 0 Å². The minimum absolute atomic E-state index is 0.0379. The standard InChI is InChI=1S/C13H19BrN2O4S/c1-15-8-9-7-12(13(14)20-9)21(17,18)16-5-6-19-11-4-2-3-10(11)16/h7,10-11,15H,2-6,8H2,1H3. The van der Waals surface area contributed by atoms with Crippen molar-refractivity contribution in [3.63, 3.8) is 0 Å². The maximum absolute atomic E-state index is 12.9. The van der Waals surface area contributed by atoms with Gasteiger partial charge in [-0.3, -0.25) is 0 Å². The molecule has 0 bridgehead atoms. The molecule has 1 saturated heterocycles. The summed E-state index contributed by atoms with van der Waals surface area (Å²) in [5.74, 6) is 0.596. The Bertz CT molecular complexity index is 616. The Labute approximate surface area is 133 Å². The quantitative estimate of drug-likeness (QED) is 0.863. The van der Waals surface area contributed by atoms with Gasteiger partial charge in [0.15, 0.2) is 4.67 Å². The average molecular weight is 379 g/mol. The van der Waals surface area contributed by atoms with E-state index in [-0.39, 0.29) is 21.7 Å². The predicted molar refractivity (Wildman–Crippen MR) is 80.4 cm³/mol. The highest BCUT2D eigenvalue weighted by molar-refractivity contribution is 9.10. The fourth-order valence-electron chi connectivity index (χ4n) is 3.15. The van der Waals surface area contributed by atoms with Crippen LogP contribution in [0.1, 0.15) is 25.0 Å². The van der Waals surface area contributed by atoms with E-state index in [1.807, 2.05) is 0 Å². The van der Waals surface area contributed by atoms with E-state index in [1.165, 1.54) is 0 Å². The average Bonchev–Trinajstić information content (AvgIpc) is 3.05. The largest absolute Gasteiger partial charge is 0.452 e. The fourth-order valence-corrected chi connectivity index (χ4v) is 5.78. The Morgan fingerprint density at radius 2 is 2.29 bits per heavy atom. The number of nitrogens with zero attached hydrogens (tertiary/aromatic N) is 1. The molecule has 2 unspecified atom stereocenters. The van der Waals surface area contributed by atoms with Gasteiger partial charge in [-0.1, -0.05) is 0 Å². The van der Waals surface area contributed by atoms with Crippen LogP contribution in [-0.2, 0) is 21.3 Å². The second-order valence-corrected chi connectivity index (χ2v) is 7.98. The van der Waals surface area contributed by atoms with Gasteiger partial charge in [0, 0.05) is 12.6 Å². The molecule has 0 amide bonds. The van der Waals surface area contributed by atoms with E-state index < -0.39 is 10.0 Å². The van der Waals surface area contributed by atoms with Crippen LogP contribution < -0.4 is 5.32 Å². The van der Waals surface area contributed by atoms with Crippen LogP contribution in [0.3, 0.4) is 0 Å². The van der Waals surface area contributed by atoms with Gasteiger partial charge in [0.2, 0.25) is 10.0 Å². The molecule has 1 aromatic rings. The minimum atomic E-state index is -3.56. The van der Waals surface area contributed by atoms with Crippen molar-refractivity contribution in [1.82, 2.24) is 9.62 Å². The van der Waals surface area contributed by atoms with Gasteiger partial charge in [0.1, 0.15) is 10.7 Å². The number of rotatable bonds is 4. The topological polar surface area (TPSA) is 71.8 Å². The lowest BCUT2D eigenvalue weighted by Gasteiger charge is -2.36. The lowest BCUT2D eigenvalue weighted by atomic mass is 10.2. The highest BCUT2D eigenvalue weighted by atomic mass is 79.9. The van der Waals surface area contributed by atoms with Crippen molar-refractivity contribution in [3.8, 4) is 0 Å². The van der Waals surface area contributed by atoms with Crippen LogP contribution in [0.4, 0.5) is 0 Å². The van der Waals surface area contributed by atoms with Crippen LogP contribution in [0.15, 0.2) is 20.0 Å². The van der Waals surface area contributed by atoms with Crippen molar-refractivity contribution in [3.05, 3.63) is 16.5 Å². The lowest BCUT2D eigenvalue weighted by Crippen LogP contribution is -2.51. The summed E-state index contributed by atoms with van der Waals surface area (Å²) in [5, 5.41) is 2.95. The Hall–Kier alpha value is -0.410. The van der Waals surface area contributed by atoms with Gasteiger partial charge in [0.05, 0.1) is 25.3 Å². The Morgan fingerprint density at radius 3 is 3.05 bits per heavy atom. The summed E-state index contributed by atoms with van der Waals surface area (Å²) in [6.45, 7) is 1.35. The van der Waals surface area contributed by atoms with E-state index in [0.29, 0.717) is 25.5 Å². The summed E-state index contributed by atoms with van der Waals surface area (Å²) in [6.07, 6.45) is 2.85. The highest BCUT2D eigenvalue weighted by Crippen LogP contribution is 2.36. The second-order valence-electron chi connectivity index (χ2n) is 5.40. The molecule has 118 valence electrons. The minimum Gasteiger partial charge on any atom is -0.452 e. The first-order valence-corrected chi connectivity index (χ1v) is 9.33. The number of halogens is 1. The SMILES string of the molecule is CNCc1cc(S(=O)(=O)N2CCOC3CCCC32)c(Br)o1. The van der Waals surface area contributed by atoms with E-state index >= 15 is 0 Å². The van der Waals surface area contributed by atoms with Crippen LogP contribution in [0.25, 0.3) is 0 Å². The van der Waals surface area contributed by atoms with Gasteiger partial charge in [-0.25, -0.2) is 8.42 Å². The van der Waals surface area contributed by atoms with E-state index in [0.717, 1.165) is 19.3 Å². The third-order valence-electron chi connectivity index (χ3n) is 4.08. The van der Waals surface area contributed by atoms with Crippen LogP contribution in [0.2, 0.25) is 0 Å². The molecular weight excluding hydrogens is 360 g/mol. The molecule has 1 aromatic heterocycles. The zero-order valence-corrected chi connectivity index (χ0v) is 14.2. The van der Waals surface area contributed by atoms with Gasteiger partial charge in [-0.2, -0.15) is 4.31 Å². The van der Waals surface area contributed by atoms with Gasteiger partial charge < -0.3 is 14.5 Å². The zero-order chi connectivity index (χ0) is 15.0. The molecule has 0 aromatic carbocycles. The van der Waals surface area contributed by atoms with Crippen molar-refractivity contribution in [2.75, 3.05) is 20.2 Å². The molecule has 2 fully saturated rings. The van der Waals surface area contributed by atoms with Crippen molar-refractivity contribution >= 4 is 26.0 Å². The van der Waals surface area contributed by atoms with Gasteiger partial charge in [-0.15, -0.1) is 0 Å². The van der Waals surface area contributed by atoms with E-state index in [4.69, 9.17) is 9.15 Å². The summed E-state index contributed by atoms with van der Waals surface area (Å²) in [4.78, 5) is 0.209. The monoisotopic (exact) mass is 378 g/mol. The number of nitrogens with one attached hydrogen (secondary N) is 1. The van der Waals surface area contributed by atoms with Crippen molar-refractivity contribution in [2.45, 2.75) is 42.8 Å². The van der Waals surface area contributed by atoms with Crippen molar-refractivity contribution in [1.29, 1.82) is 0 Å². The molecule has 1 saturated carbocycles. The van der Waals surface area contributed by atoms with Crippen LogP contribution in [0.5, 0.6) is 0 Å². The molecular formula is C13H19BrN2O4S. The fraction of sp³-hybridized carbons (Fsp3) is 0.692. The Kier molecular flexibility index (Phi) is 4.42. The molecule has 2 aliphatic rings. The first kappa shape index (κ1) is 15.5. The summed E-state index contributed by atoms with van der Waals surface area (Å²) in [6, 6.07) is 1.55. The van der Waals surface area contributed by atoms with Crippen molar-refractivity contribution in [2.24, 2.45) is 0 Å². The number of hydrogen-bond acceptors (Lipinski definition) is 5. The molecule has 1 aliphatic carbocycles. The van der Waals surface area contributed by atoms with E-state index in [1.54, 1.807) is 17.4 Å². The smallest absolute Gasteiger partial charge is 0.247 e. The van der Waals surface area contributed by atoms with E-state index in [9.17, 15) is 8.42 Å². The van der Waals surface area contributed by atoms with Gasteiger partial charge in [-0.05, 0) is 42.2 Å². The summed E-state index contributed by atoms with van der Waals surface area (Å²) in [5.41, 5.74) is 0. The highest BCUT2D eigenvalue weighted by Gasteiger charge is 2.43. The number of morpholine rings is 1. The normalized spacial score (nSPS) is 27.0. The number of fused-ring (bicyclic) bond motifs is 1. The molecule has 1 aliphatic heterocycles. The molecule has 3 rings (SSSR count). The number of furan rings is 1. The molecule has 8 heteroatoms. The molecule has 6 nitrogen and oxygen atoms in total. The van der Waals surface area contributed by atoms with Crippen LogP contribution in [0, 0.1) is 0 Å². The third-order valence-corrected chi connectivity index (χ3v) is 6.86. The molecule has 21 heavy (non-hydrogen) atoms. The van der Waals surface area contributed by atoms with Crippen molar-refractivity contribution < 1.29 is 17.6 Å². The molecule has 1 N–H and O–H groups in total. The maximum atomic E-state index is 12.9.